The minimum atomic E-state index is -0.630. The van der Waals surface area contributed by atoms with Crippen molar-refractivity contribution >= 4 is 5.57 Å². The average molecular weight is 401 g/mol. The molecule has 29 heavy (non-hydrogen) atoms. The van der Waals surface area contributed by atoms with Gasteiger partial charge in [0, 0.05) is 5.56 Å². The van der Waals surface area contributed by atoms with Crippen molar-refractivity contribution in [2.24, 2.45) is 17.8 Å². The van der Waals surface area contributed by atoms with Crippen molar-refractivity contribution < 1.29 is 8.78 Å². The van der Waals surface area contributed by atoms with Crippen LogP contribution in [0.2, 0.25) is 0 Å². The first-order valence-corrected chi connectivity index (χ1v) is 11.9. The van der Waals surface area contributed by atoms with E-state index in [1.807, 2.05) is 12.1 Å². The Balaban J connectivity index is 1.58. The van der Waals surface area contributed by atoms with Gasteiger partial charge < -0.3 is 0 Å². The van der Waals surface area contributed by atoms with Gasteiger partial charge in [-0.15, -0.1) is 0 Å². The van der Waals surface area contributed by atoms with Gasteiger partial charge in [-0.3, -0.25) is 0 Å². The highest BCUT2D eigenvalue weighted by Gasteiger charge is 2.28. The monoisotopic (exact) mass is 400 g/mol. The predicted octanol–water partition coefficient (Wildman–Crippen LogP) is 8.65. The van der Waals surface area contributed by atoms with Gasteiger partial charge in [-0.2, -0.15) is 0 Å². The molecular formula is C27H38F2. The van der Waals surface area contributed by atoms with E-state index >= 15 is 0 Å². The fraction of sp³-hybridized carbons (Fsp3) is 0.630. The van der Waals surface area contributed by atoms with Crippen LogP contribution in [0.3, 0.4) is 0 Å². The third-order valence-electron chi connectivity index (χ3n) is 7.21. The molecule has 0 aliphatic heterocycles. The molecule has 0 amide bonds. The fourth-order valence-electron chi connectivity index (χ4n) is 5.38. The molecular weight excluding hydrogens is 362 g/mol. The summed E-state index contributed by atoms with van der Waals surface area (Å²) in [6.45, 7) is 4.27. The van der Waals surface area contributed by atoms with Crippen LogP contribution in [0.4, 0.5) is 8.78 Å². The van der Waals surface area contributed by atoms with Gasteiger partial charge in [-0.1, -0.05) is 56.5 Å². The maximum absolute atomic E-state index is 14.8. The number of hydrogen-bond acceptors (Lipinski definition) is 0. The maximum atomic E-state index is 14.8. The van der Waals surface area contributed by atoms with Crippen molar-refractivity contribution in [3.63, 3.8) is 0 Å². The van der Waals surface area contributed by atoms with Crippen LogP contribution in [0, 0.1) is 29.4 Å². The van der Waals surface area contributed by atoms with E-state index in [1.54, 1.807) is 0 Å². The predicted molar refractivity (Wildman–Crippen MR) is 120 cm³/mol. The Bertz CT molecular complexity index is 707. The zero-order valence-electron chi connectivity index (χ0n) is 18.4. The van der Waals surface area contributed by atoms with Gasteiger partial charge in [-0.25, -0.2) is 8.78 Å². The van der Waals surface area contributed by atoms with Crippen molar-refractivity contribution in [2.75, 3.05) is 0 Å². The molecule has 1 atom stereocenters. The second-order valence-corrected chi connectivity index (χ2v) is 9.18. The maximum Gasteiger partial charge on any atom is 0.166 e. The largest absolute Gasteiger partial charge is 0.203 e. The summed E-state index contributed by atoms with van der Waals surface area (Å²) in [5.74, 6) is 1.04. The van der Waals surface area contributed by atoms with E-state index in [0.717, 1.165) is 68.3 Å². The molecule has 3 rings (SSSR count). The lowest BCUT2D eigenvalue weighted by Gasteiger charge is -2.35. The number of rotatable bonds is 8. The summed E-state index contributed by atoms with van der Waals surface area (Å²) < 4.78 is 29.4. The summed E-state index contributed by atoms with van der Waals surface area (Å²) in [6.07, 6.45) is 20.0. The van der Waals surface area contributed by atoms with Crippen molar-refractivity contribution in [1.29, 1.82) is 0 Å². The van der Waals surface area contributed by atoms with Gasteiger partial charge in [0.1, 0.15) is 0 Å². The van der Waals surface area contributed by atoms with Crippen molar-refractivity contribution in [3.8, 4) is 0 Å². The summed E-state index contributed by atoms with van der Waals surface area (Å²) in [4.78, 5) is 0. The lowest BCUT2D eigenvalue weighted by molar-refractivity contribution is 0.212. The summed E-state index contributed by atoms with van der Waals surface area (Å²) in [5.41, 5.74) is 2.04. The van der Waals surface area contributed by atoms with Crippen LogP contribution in [0.1, 0.15) is 95.6 Å². The molecule has 0 nitrogen and oxygen atoms in total. The number of aryl methyl sites for hydroxylation is 1. The van der Waals surface area contributed by atoms with Crippen LogP contribution >= 0.6 is 0 Å². The highest BCUT2D eigenvalue weighted by atomic mass is 19.2. The van der Waals surface area contributed by atoms with Gasteiger partial charge in [-0.05, 0) is 93.6 Å². The van der Waals surface area contributed by atoms with Gasteiger partial charge in [0.05, 0.1) is 0 Å². The third-order valence-corrected chi connectivity index (χ3v) is 7.21. The first-order valence-electron chi connectivity index (χ1n) is 11.9. The lowest BCUT2D eigenvalue weighted by Crippen LogP contribution is -2.22. The summed E-state index contributed by atoms with van der Waals surface area (Å²) in [5, 5.41) is 0. The third kappa shape index (κ3) is 5.80. The van der Waals surface area contributed by atoms with Crippen molar-refractivity contribution in [2.45, 2.75) is 90.9 Å². The molecule has 1 unspecified atom stereocenters. The zero-order chi connectivity index (χ0) is 20.6. The fourth-order valence-corrected chi connectivity index (χ4v) is 5.38. The highest BCUT2D eigenvalue weighted by Crippen LogP contribution is 2.42. The van der Waals surface area contributed by atoms with Crippen LogP contribution in [0.25, 0.3) is 5.57 Å². The van der Waals surface area contributed by atoms with E-state index < -0.39 is 11.6 Å². The summed E-state index contributed by atoms with van der Waals surface area (Å²) in [6, 6.07) is 3.64. The molecule has 1 fully saturated rings. The zero-order valence-corrected chi connectivity index (χ0v) is 18.4. The standard InChI is InChI=1S/C27H38F2/c1-3-5-6-7-9-24-18-19-25(27(29)26(24)28)23-16-14-22(15-17-23)21-12-10-20(8-4-2)11-13-21/h4,8,16,18-22H,3,5-7,9-15,17H2,1-2H3. The van der Waals surface area contributed by atoms with E-state index in [1.165, 1.54) is 25.7 Å². The Kier molecular flexibility index (Phi) is 8.51. The molecule has 2 aliphatic carbocycles. The van der Waals surface area contributed by atoms with Gasteiger partial charge in [0.25, 0.3) is 0 Å². The highest BCUT2D eigenvalue weighted by molar-refractivity contribution is 5.67. The van der Waals surface area contributed by atoms with Crippen LogP contribution in [-0.4, -0.2) is 0 Å². The minimum absolute atomic E-state index is 0.495. The van der Waals surface area contributed by atoms with Crippen LogP contribution < -0.4 is 0 Å². The molecule has 0 radical (unpaired) electrons. The topological polar surface area (TPSA) is 0 Å². The van der Waals surface area contributed by atoms with E-state index in [-0.39, 0.29) is 0 Å². The smallest absolute Gasteiger partial charge is 0.166 e. The SMILES string of the molecule is CC=CC1CCC(C2CC=C(c3ccc(CCCCCC)c(F)c3F)CC2)CC1. The molecule has 0 spiro atoms. The van der Waals surface area contributed by atoms with Gasteiger partial charge in [0.2, 0.25) is 0 Å². The van der Waals surface area contributed by atoms with Crippen LogP contribution in [-0.2, 0) is 6.42 Å². The molecule has 1 saturated carbocycles. The Morgan fingerprint density at radius 2 is 1.72 bits per heavy atom. The normalized spacial score (nSPS) is 25.4. The van der Waals surface area contributed by atoms with Crippen molar-refractivity contribution in [1.82, 2.24) is 0 Å². The molecule has 160 valence electrons. The molecule has 1 aromatic carbocycles. The number of halogens is 2. The Labute approximate surface area is 176 Å². The number of unbranched alkanes of at least 4 members (excludes halogenated alkanes) is 3. The molecule has 2 heteroatoms. The number of benzene rings is 1. The summed E-state index contributed by atoms with van der Waals surface area (Å²) >= 11 is 0. The molecule has 1 aromatic rings. The lowest BCUT2D eigenvalue weighted by atomic mass is 9.71. The van der Waals surface area contributed by atoms with Crippen molar-refractivity contribution in [3.05, 3.63) is 53.1 Å². The van der Waals surface area contributed by atoms with Gasteiger partial charge >= 0.3 is 0 Å². The quantitative estimate of drug-likeness (QED) is 0.302. The molecule has 0 bridgehead atoms. The molecule has 0 heterocycles. The molecule has 0 aromatic heterocycles. The minimum Gasteiger partial charge on any atom is -0.203 e. The Hall–Kier alpha value is -1.44. The van der Waals surface area contributed by atoms with Gasteiger partial charge in [0.15, 0.2) is 11.6 Å². The Morgan fingerprint density at radius 3 is 2.38 bits per heavy atom. The molecule has 0 N–H and O–H groups in total. The molecule has 0 saturated heterocycles. The molecule has 2 aliphatic rings. The Morgan fingerprint density at radius 1 is 0.931 bits per heavy atom. The van der Waals surface area contributed by atoms with E-state index in [4.69, 9.17) is 0 Å². The second-order valence-electron chi connectivity index (χ2n) is 9.18. The number of allylic oxidation sites excluding steroid dienone is 4. The first kappa shape index (κ1) is 22.2. The van der Waals surface area contributed by atoms with E-state index in [2.05, 4.69) is 32.1 Å². The van der Waals surface area contributed by atoms with Crippen LogP contribution in [0.5, 0.6) is 0 Å². The average Bonchev–Trinajstić information content (AvgIpc) is 2.75. The first-order chi connectivity index (χ1) is 14.1. The second kappa shape index (κ2) is 11.1. The summed E-state index contributed by atoms with van der Waals surface area (Å²) in [7, 11) is 0. The van der Waals surface area contributed by atoms with E-state index in [0.29, 0.717) is 17.5 Å². The van der Waals surface area contributed by atoms with Crippen LogP contribution in [0.15, 0.2) is 30.4 Å². The number of hydrogen-bond donors (Lipinski definition) is 0. The van der Waals surface area contributed by atoms with E-state index in [9.17, 15) is 8.78 Å².